The monoisotopic (exact) mass is 288 g/mol. The largest absolute Gasteiger partial charge is 0.374 e. The standard InChI is InChI=1S/C16H14F2N2O/c1-10(11-5-3-2-4-6-11)20-15-8-13(18)12(17)7-14(15)19-9-16(20)21/h2-8,10,19H,9H2,1H3. The fraction of sp³-hybridized carbons (Fsp3) is 0.188. The maximum absolute atomic E-state index is 13.5. The molecule has 0 aromatic heterocycles. The molecular weight excluding hydrogens is 274 g/mol. The van der Waals surface area contributed by atoms with Gasteiger partial charge in [0.25, 0.3) is 0 Å². The van der Waals surface area contributed by atoms with E-state index in [-0.39, 0.29) is 18.5 Å². The first-order valence-electron chi connectivity index (χ1n) is 6.68. The molecule has 108 valence electrons. The van der Waals surface area contributed by atoms with Crippen molar-refractivity contribution in [2.45, 2.75) is 13.0 Å². The van der Waals surface area contributed by atoms with Gasteiger partial charge in [0.1, 0.15) is 0 Å². The van der Waals surface area contributed by atoms with Crippen molar-refractivity contribution in [1.29, 1.82) is 0 Å². The first kappa shape index (κ1) is 13.5. The number of nitrogens with one attached hydrogen (secondary N) is 1. The van der Waals surface area contributed by atoms with E-state index in [9.17, 15) is 13.6 Å². The predicted molar refractivity (Wildman–Crippen MR) is 77.2 cm³/mol. The van der Waals surface area contributed by atoms with Gasteiger partial charge in [-0.1, -0.05) is 30.3 Å². The molecule has 3 rings (SSSR count). The molecule has 0 spiro atoms. The Kier molecular flexibility index (Phi) is 3.33. The van der Waals surface area contributed by atoms with Crippen LogP contribution >= 0.6 is 0 Å². The van der Waals surface area contributed by atoms with Crippen LogP contribution in [-0.2, 0) is 4.79 Å². The smallest absolute Gasteiger partial charge is 0.246 e. The van der Waals surface area contributed by atoms with E-state index in [2.05, 4.69) is 5.32 Å². The van der Waals surface area contributed by atoms with Gasteiger partial charge in [0.15, 0.2) is 11.6 Å². The van der Waals surface area contributed by atoms with Crippen molar-refractivity contribution in [3.05, 3.63) is 59.7 Å². The van der Waals surface area contributed by atoms with E-state index in [1.165, 1.54) is 4.90 Å². The summed E-state index contributed by atoms with van der Waals surface area (Å²) in [4.78, 5) is 13.7. The zero-order valence-corrected chi connectivity index (χ0v) is 11.4. The highest BCUT2D eigenvalue weighted by Gasteiger charge is 2.30. The van der Waals surface area contributed by atoms with Crippen molar-refractivity contribution in [3.8, 4) is 0 Å². The summed E-state index contributed by atoms with van der Waals surface area (Å²) in [5, 5.41) is 2.82. The maximum Gasteiger partial charge on any atom is 0.246 e. The van der Waals surface area contributed by atoms with E-state index in [1.54, 1.807) is 0 Å². The van der Waals surface area contributed by atoms with E-state index >= 15 is 0 Å². The van der Waals surface area contributed by atoms with Crippen LogP contribution in [0.4, 0.5) is 20.2 Å². The Balaban J connectivity index is 2.07. The molecule has 2 aromatic rings. The summed E-state index contributed by atoms with van der Waals surface area (Å²) >= 11 is 0. The van der Waals surface area contributed by atoms with Gasteiger partial charge < -0.3 is 10.2 Å². The van der Waals surface area contributed by atoms with Gasteiger partial charge in [-0.3, -0.25) is 4.79 Å². The van der Waals surface area contributed by atoms with Gasteiger partial charge in [0.2, 0.25) is 5.91 Å². The Morgan fingerprint density at radius 2 is 1.81 bits per heavy atom. The van der Waals surface area contributed by atoms with Gasteiger partial charge in [-0.2, -0.15) is 0 Å². The number of rotatable bonds is 2. The Morgan fingerprint density at radius 1 is 1.14 bits per heavy atom. The van der Waals surface area contributed by atoms with Crippen molar-refractivity contribution < 1.29 is 13.6 Å². The number of carbonyl (C=O) groups excluding carboxylic acids is 1. The van der Waals surface area contributed by atoms with Crippen LogP contribution in [0.2, 0.25) is 0 Å². The molecule has 0 fully saturated rings. The van der Waals surface area contributed by atoms with Crippen LogP contribution in [-0.4, -0.2) is 12.5 Å². The maximum atomic E-state index is 13.5. The number of nitrogens with zero attached hydrogens (tertiary/aromatic N) is 1. The lowest BCUT2D eigenvalue weighted by Crippen LogP contribution is -2.41. The molecule has 0 aliphatic carbocycles. The van der Waals surface area contributed by atoms with Crippen LogP contribution in [0.3, 0.4) is 0 Å². The minimum atomic E-state index is -0.962. The van der Waals surface area contributed by atoms with Crippen molar-refractivity contribution >= 4 is 17.3 Å². The van der Waals surface area contributed by atoms with E-state index in [0.717, 1.165) is 17.7 Å². The highest BCUT2D eigenvalue weighted by molar-refractivity contribution is 6.03. The number of halogens is 2. The number of benzene rings is 2. The summed E-state index contributed by atoms with van der Waals surface area (Å²) in [7, 11) is 0. The van der Waals surface area contributed by atoms with Gasteiger partial charge in [-0.15, -0.1) is 0 Å². The van der Waals surface area contributed by atoms with Gasteiger partial charge in [-0.05, 0) is 12.5 Å². The van der Waals surface area contributed by atoms with Gasteiger partial charge in [0.05, 0.1) is 24.0 Å². The Labute approximate surface area is 121 Å². The Morgan fingerprint density at radius 3 is 2.52 bits per heavy atom. The summed E-state index contributed by atoms with van der Waals surface area (Å²) in [5.74, 6) is -2.07. The summed E-state index contributed by atoms with van der Waals surface area (Å²) < 4.78 is 26.9. The highest BCUT2D eigenvalue weighted by Crippen LogP contribution is 2.36. The topological polar surface area (TPSA) is 32.3 Å². The molecule has 1 unspecified atom stereocenters. The highest BCUT2D eigenvalue weighted by atomic mass is 19.2. The number of hydrogen-bond donors (Lipinski definition) is 1. The summed E-state index contributed by atoms with van der Waals surface area (Å²) in [5.41, 5.74) is 1.72. The van der Waals surface area contributed by atoms with Crippen LogP contribution in [0.25, 0.3) is 0 Å². The fourth-order valence-electron chi connectivity index (χ4n) is 2.57. The molecule has 0 saturated heterocycles. The fourth-order valence-corrected chi connectivity index (χ4v) is 2.57. The molecular formula is C16H14F2N2O. The van der Waals surface area contributed by atoms with Crippen LogP contribution in [0.15, 0.2) is 42.5 Å². The van der Waals surface area contributed by atoms with Crippen LogP contribution in [0.1, 0.15) is 18.5 Å². The molecule has 2 aromatic carbocycles. The molecule has 1 N–H and O–H groups in total. The summed E-state index contributed by atoms with van der Waals surface area (Å²) in [6.45, 7) is 1.93. The zero-order valence-electron chi connectivity index (χ0n) is 11.4. The molecule has 0 radical (unpaired) electrons. The number of hydrogen-bond acceptors (Lipinski definition) is 2. The number of anilines is 2. The van der Waals surface area contributed by atoms with Gasteiger partial charge in [0, 0.05) is 12.1 Å². The molecule has 5 heteroatoms. The predicted octanol–water partition coefficient (Wildman–Crippen LogP) is 3.48. The molecule has 1 atom stereocenters. The normalized spacial score (nSPS) is 15.4. The van der Waals surface area contributed by atoms with E-state index in [0.29, 0.717) is 11.4 Å². The van der Waals surface area contributed by atoms with Crippen LogP contribution < -0.4 is 10.2 Å². The van der Waals surface area contributed by atoms with E-state index in [1.807, 2.05) is 37.3 Å². The SMILES string of the molecule is CC(c1ccccc1)N1C(=O)CNc2cc(F)c(F)cc21. The third-order valence-electron chi connectivity index (χ3n) is 3.67. The second-order valence-electron chi connectivity index (χ2n) is 4.99. The number of amides is 1. The lowest BCUT2D eigenvalue weighted by molar-refractivity contribution is -0.117. The third kappa shape index (κ3) is 2.35. The van der Waals surface area contributed by atoms with Crippen molar-refractivity contribution in [2.75, 3.05) is 16.8 Å². The van der Waals surface area contributed by atoms with Crippen LogP contribution in [0.5, 0.6) is 0 Å². The van der Waals surface area contributed by atoms with Gasteiger partial charge >= 0.3 is 0 Å². The van der Waals surface area contributed by atoms with Crippen LogP contribution in [0, 0.1) is 11.6 Å². The van der Waals surface area contributed by atoms with Crippen molar-refractivity contribution in [1.82, 2.24) is 0 Å². The molecule has 0 saturated carbocycles. The minimum absolute atomic E-state index is 0.0647. The number of fused-ring (bicyclic) bond motifs is 1. The molecule has 1 aliphatic heterocycles. The van der Waals surface area contributed by atoms with E-state index < -0.39 is 11.6 Å². The molecule has 3 nitrogen and oxygen atoms in total. The zero-order chi connectivity index (χ0) is 15.0. The Hall–Kier alpha value is -2.43. The molecule has 1 heterocycles. The minimum Gasteiger partial charge on any atom is -0.374 e. The summed E-state index contributed by atoms with van der Waals surface area (Å²) in [6.07, 6.45) is 0. The second-order valence-corrected chi connectivity index (χ2v) is 4.99. The molecule has 1 aliphatic rings. The molecule has 0 bridgehead atoms. The lowest BCUT2D eigenvalue weighted by atomic mass is 10.0. The first-order valence-corrected chi connectivity index (χ1v) is 6.68. The molecule has 1 amide bonds. The lowest BCUT2D eigenvalue weighted by Gasteiger charge is -2.35. The van der Waals surface area contributed by atoms with E-state index in [4.69, 9.17) is 0 Å². The average Bonchev–Trinajstić information content (AvgIpc) is 2.49. The first-order chi connectivity index (χ1) is 10.1. The number of carbonyl (C=O) groups is 1. The molecule has 21 heavy (non-hydrogen) atoms. The van der Waals surface area contributed by atoms with Crippen molar-refractivity contribution in [2.24, 2.45) is 0 Å². The third-order valence-corrected chi connectivity index (χ3v) is 3.67. The Bertz CT molecular complexity index is 688. The van der Waals surface area contributed by atoms with Gasteiger partial charge in [-0.25, -0.2) is 8.78 Å². The second kappa shape index (κ2) is 5.16. The average molecular weight is 288 g/mol. The summed E-state index contributed by atoms with van der Waals surface area (Å²) in [6, 6.07) is 11.3. The quantitative estimate of drug-likeness (QED) is 0.917. The van der Waals surface area contributed by atoms with Crippen molar-refractivity contribution in [3.63, 3.8) is 0 Å².